The van der Waals surface area contributed by atoms with E-state index in [2.05, 4.69) is 4.90 Å². The van der Waals surface area contributed by atoms with Crippen molar-refractivity contribution < 1.29 is 18.8 Å². The van der Waals surface area contributed by atoms with Crippen LogP contribution in [0.4, 0.5) is 0 Å². The summed E-state index contributed by atoms with van der Waals surface area (Å²) in [6.07, 6.45) is 1.81. The highest BCUT2D eigenvalue weighted by Crippen LogP contribution is 2.40. The molecule has 3 aromatic rings. The standard InChI is InChI=1S/C25H27N5O4S/c31-25(29-9-13-34-14-10-29)23-21-17-35(32)22-4-2-1-3-20(22)24(21)30(27-23)19-6-5-18(26-15-19)16-28-7-11-33-12-8-28/h1-6,15H,7-14,16-17H2. The van der Waals surface area contributed by atoms with Crippen molar-refractivity contribution >= 4 is 17.1 Å². The van der Waals surface area contributed by atoms with Crippen LogP contribution in [0.15, 0.2) is 47.5 Å². The minimum absolute atomic E-state index is 0.142. The SMILES string of the molecule is O=C(c1nn(-c2ccc(CN3CCOCC3)nc2)c2c1C[S+]([O-])c1ccccc1-2)N1CCOCC1. The van der Waals surface area contributed by atoms with Crippen LogP contribution in [0.3, 0.4) is 0 Å². The number of hydrogen-bond acceptors (Lipinski definition) is 7. The van der Waals surface area contributed by atoms with Gasteiger partial charge in [-0.05, 0) is 35.4 Å². The Morgan fingerprint density at radius 1 is 1.00 bits per heavy atom. The van der Waals surface area contributed by atoms with E-state index in [0.717, 1.165) is 65.9 Å². The Kier molecular flexibility index (Phi) is 6.29. The van der Waals surface area contributed by atoms with Gasteiger partial charge in [0.05, 0.1) is 60.8 Å². The molecule has 35 heavy (non-hydrogen) atoms. The lowest BCUT2D eigenvalue weighted by Gasteiger charge is -2.26. The Bertz CT molecular complexity index is 1220. The number of ether oxygens (including phenoxy) is 2. The summed E-state index contributed by atoms with van der Waals surface area (Å²) in [6, 6.07) is 11.7. The van der Waals surface area contributed by atoms with Crippen molar-refractivity contribution in [3.63, 3.8) is 0 Å². The topological polar surface area (TPSA) is 95.8 Å². The number of aromatic nitrogens is 3. The van der Waals surface area contributed by atoms with Crippen molar-refractivity contribution in [2.45, 2.75) is 17.2 Å². The Balaban J connectivity index is 1.39. The molecule has 0 aliphatic carbocycles. The number of morpholine rings is 2. The number of pyridine rings is 1. The maximum absolute atomic E-state index is 13.5. The molecule has 5 heterocycles. The normalized spacial score (nSPS) is 20.4. The Morgan fingerprint density at radius 3 is 2.49 bits per heavy atom. The van der Waals surface area contributed by atoms with Gasteiger partial charge in [0.15, 0.2) is 10.6 Å². The van der Waals surface area contributed by atoms with Crippen LogP contribution in [0.1, 0.15) is 21.7 Å². The number of amides is 1. The molecule has 3 aliphatic heterocycles. The summed E-state index contributed by atoms with van der Waals surface area (Å²) in [5.41, 5.74) is 4.51. The van der Waals surface area contributed by atoms with E-state index < -0.39 is 11.2 Å². The van der Waals surface area contributed by atoms with Crippen LogP contribution in [0.2, 0.25) is 0 Å². The lowest BCUT2D eigenvalue weighted by molar-refractivity contribution is 0.0298. The summed E-state index contributed by atoms with van der Waals surface area (Å²) < 4.78 is 25.7. The van der Waals surface area contributed by atoms with Crippen molar-refractivity contribution in [1.82, 2.24) is 24.6 Å². The molecule has 6 rings (SSSR count). The van der Waals surface area contributed by atoms with Gasteiger partial charge in [0.1, 0.15) is 5.75 Å². The Hall–Kier alpha value is -2.76. The van der Waals surface area contributed by atoms with Crippen LogP contribution in [0.5, 0.6) is 0 Å². The van der Waals surface area contributed by atoms with E-state index in [1.807, 2.05) is 36.4 Å². The molecule has 1 atom stereocenters. The third kappa shape index (κ3) is 4.36. The molecule has 0 spiro atoms. The maximum atomic E-state index is 13.5. The molecule has 1 aromatic carbocycles. The van der Waals surface area contributed by atoms with Gasteiger partial charge in [-0.25, -0.2) is 4.68 Å². The second-order valence-corrected chi connectivity index (χ2v) is 10.3. The molecular formula is C25H27N5O4S. The fourth-order valence-electron chi connectivity index (χ4n) is 4.83. The van der Waals surface area contributed by atoms with Crippen LogP contribution >= 0.6 is 0 Å². The van der Waals surface area contributed by atoms with Gasteiger partial charge in [-0.15, -0.1) is 0 Å². The van der Waals surface area contributed by atoms with Crippen LogP contribution in [-0.4, -0.2) is 87.6 Å². The van der Waals surface area contributed by atoms with Gasteiger partial charge in [0, 0.05) is 32.7 Å². The first-order valence-electron chi connectivity index (χ1n) is 11.9. The van der Waals surface area contributed by atoms with Gasteiger partial charge in [0.2, 0.25) is 0 Å². The van der Waals surface area contributed by atoms with Crippen molar-refractivity contribution in [1.29, 1.82) is 0 Å². The van der Waals surface area contributed by atoms with Gasteiger partial charge in [-0.2, -0.15) is 5.10 Å². The molecule has 0 radical (unpaired) electrons. The van der Waals surface area contributed by atoms with Crippen molar-refractivity contribution in [3.05, 3.63) is 59.5 Å². The zero-order valence-corrected chi connectivity index (χ0v) is 20.2. The average molecular weight is 494 g/mol. The molecule has 9 nitrogen and oxygen atoms in total. The highest BCUT2D eigenvalue weighted by atomic mass is 32.2. The van der Waals surface area contributed by atoms with Crippen LogP contribution < -0.4 is 0 Å². The van der Waals surface area contributed by atoms with Crippen LogP contribution in [0.25, 0.3) is 16.9 Å². The highest BCUT2D eigenvalue weighted by molar-refractivity contribution is 7.90. The highest BCUT2D eigenvalue weighted by Gasteiger charge is 2.37. The summed E-state index contributed by atoms with van der Waals surface area (Å²) in [5.74, 6) is 0.122. The molecule has 2 fully saturated rings. The molecule has 10 heteroatoms. The molecule has 0 saturated carbocycles. The first-order valence-corrected chi connectivity index (χ1v) is 13.2. The third-order valence-electron chi connectivity index (χ3n) is 6.69. The lowest BCUT2D eigenvalue weighted by Crippen LogP contribution is -2.41. The first-order chi connectivity index (χ1) is 17.2. The predicted octanol–water partition coefficient (Wildman–Crippen LogP) is 1.86. The fraction of sp³-hybridized carbons (Fsp3) is 0.400. The van der Waals surface area contributed by atoms with E-state index in [1.165, 1.54) is 0 Å². The summed E-state index contributed by atoms with van der Waals surface area (Å²) in [7, 11) is 0. The van der Waals surface area contributed by atoms with Crippen molar-refractivity contribution in [2.24, 2.45) is 0 Å². The number of benzene rings is 1. The van der Waals surface area contributed by atoms with E-state index in [9.17, 15) is 9.35 Å². The number of hydrogen-bond donors (Lipinski definition) is 0. The fourth-order valence-corrected chi connectivity index (χ4v) is 6.16. The summed E-state index contributed by atoms with van der Waals surface area (Å²) in [5, 5.41) is 4.80. The van der Waals surface area contributed by atoms with E-state index in [0.29, 0.717) is 32.0 Å². The molecule has 1 unspecified atom stereocenters. The maximum Gasteiger partial charge on any atom is 0.275 e. The number of rotatable bonds is 4. The molecule has 182 valence electrons. The number of fused-ring (bicyclic) bond motifs is 3. The Labute approximate surface area is 206 Å². The van der Waals surface area contributed by atoms with Gasteiger partial charge >= 0.3 is 0 Å². The molecule has 3 aliphatic rings. The number of nitrogens with zero attached hydrogens (tertiary/aromatic N) is 5. The summed E-state index contributed by atoms with van der Waals surface area (Å²) >= 11 is -1.24. The molecular weight excluding hydrogens is 466 g/mol. The second kappa shape index (κ2) is 9.71. The second-order valence-electron chi connectivity index (χ2n) is 8.87. The zero-order valence-electron chi connectivity index (χ0n) is 19.4. The van der Waals surface area contributed by atoms with Gasteiger partial charge in [-0.3, -0.25) is 14.7 Å². The van der Waals surface area contributed by atoms with Gasteiger partial charge in [-0.1, -0.05) is 12.1 Å². The quantitative estimate of drug-likeness (QED) is 0.512. The lowest BCUT2D eigenvalue weighted by atomic mass is 10.0. The van der Waals surface area contributed by atoms with Crippen LogP contribution in [0, 0.1) is 0 Å². The van der Waals surface area contributed by atoms with E-state index in [4.69, 9.17) is 19.6 Å². The minimum atomic E-state index is -1.24. The van der Waals surface area contributed by atoms with Crippen molar-refractivity contribution in [2.75, 3.05) is 52.6 Å². The van der Waals surface area contributed by atoms with Gasteiger partial charge in [0.25, 0.3) is 5.91 Å². The Morgan fingerprint density at radius 2 is 1.74 bits per heavy atom. The summed E-state index contributed by atoms with van der Waals surface area (Å²) in [4.78, 5) is 23.0. The first kappa shape index (κ1) is 22.7. The number of carbonyl (C=O) groups excluding carboxylic acids is 1. The molecule has 2 aromatic heterocycles. The summed E-state index contributed by atoms with van der Waals surface area (Å²) in [6.45, 7) is 6.14. The van der Waals surface area contributed by atoms with Crippen LogP contribution in [-0.2, 0) is 32.9 Å². The smallest absolute Gasteiger partial charge is 0.275 e. The van der Waals surface area contributed by atoms with E-state index >= 15 is 0 Å². The average Bonchev–Trinajstić information content (AvgIpc) is 3.29. The predicted molar refractivity (Wildman–Crippen MR) is 130 cm³/mol. The monoisotopic (exact) mass is 493 g/mol. The molecule has 1 amide bonds. The zero-order chi connectivity index (χ0) is 23.8. The van der Waals surface area contributed by atoms with E-state index in [-0.39, 0.29) is 11.7 Å². The van der Waals surface area contributed by atoms with Crippen molar-refractivity contribution in [3.8, 4) is 16.9 Å². The number of carbonyl (C=O) groups is 1. The third-order valence-corrected chi connectivity index (χ3v) is 8.09. The van der Waals surface area contributed by atoms with Gasteiger partial charge < -0.3 is 18.9 Å². The molecule has 2 saturated heterocycles. The van der Waals surface area contributed by atoms with E-state index in [1.54, 1.807) is 15.8 Å². The molecule has 0 bridgehead atoms. The molecule has 0 N–H and O–H groups in total. The largest absolute Gasteiger partial charge is 0.611 e. The minimum Gasteiger partial charge on any atom is -0.611 e.